The summed E-state index contributed by atoms with van der Waals surface area (Å²) in [6, 6.07) is 13.0. The minimum atomic E-state index is -1.26. The van der Waals surface area contributed by atoms with Crippen LogP contribution in [0.25, 0.3) is 0 Å². The standard InChI is InChI=1S/C28H26F2N4O5/c1-2-23(28(37)38)34-14-25(35)33(13-18-7-8-19(29)11-22(18)30)24-10-9-20(12-21(24)27(34)36)39-15-16-3-5-17(6-4-16)26(31)32/h3-12,23H,2,13-15H2,1H3,(H3,31,32)(H,37,38). The van der Waals surface area contributed by atoms with Crippen LogP contribution in [0.3, 0.4) is 0 Å². The molecule has 0 saturated carbocycles. The van der Waals surface area contributed by atoms with Gasteiger partial charge in [0.2, 0.25) is 5.91 Å². The van der Waals surface area contributed by atoms with Crippen LogP contribution >= 0.6 is 0 Å². The van der Waals surface area contributed by atoms with Gasteiger partial charge in [-0.05, 0) is 36.2 Å². The number of fused-ring (bicyclic) bond motifs is 1. The SMILES string of the molecule is CCC(C(=O)O)N1CC(=O)N(Cc2ccc(F)cc2F)c2ccc(OCc3ccc(C(=N)N)cc3)cc2C1=O. The third-order valence-electron chi connectivity index (χ3n) is 6.42. The molecule has 39 heavy (non-hydrogen) atoms. The quantitative estimate of drug-likeness (QED) is 0.282. The zero-order chi connectivity index (χ0) is 28.3. The zero-order valence-corrected chi connectivity index (χ0v) is 21.0. The van der Waals surface area contributed by atoms with E-state index >= 15 is 0 Å². The van der Waals surface area contributed by atoms with Crippen molar-refractivity contribution in [3.63, 3.8) is 0 Å². The van der Waals surface area contributed by atoms with Gasteiger partial charge in [0, 0.05) is 17.2 Å². The second kappa shape index (κ2) is 11.3. The van der Waals surface area contributed by atoms with Gasteiger partial charge in [0.15, 0.2) is 0 Å². The van der Waals surface area contributed by atoms with Crippen LogP contribution in [-0.4, -0.2) is 46.2 Å². The normalized spacial score (nSPS) is 14.0. The lowest BCUT2D eigenvalue weighted by atomic mass is 10.1. The summed E-state index contributed by atoms with van der Waals surface area (Å²) in [6.45, 7) is 0.862. The molecule has 202 valence electrons. The molecule has 1 aliphatic rings. The van der Waals surface area contributed by atoms with Gasteiger partial charge in [-0.3, -0.25) is 15.0 Å². The molecule has 4 rings (SSSR count). The number of ether oxygens (including phenoxy) is 1. The second-order valence-electron chi connectivity index (χ2n) is 8.99. The first-order valence-electron chi connectivity index (χ1n) is 12.1. The maximum atomic E-state index is 14.5. The minimum absolute atomic E-state index is 0.00694. The Morgan fingerprint density at radius 3 is 2.44 bits per heavy atom. The molecule has 4 N–H and O–H groups in total. The number of carboxylic acid groups (broad SMARTS) is 1. The minimum Gasteiger partial charge on any atom is -0.489 e. The number of nitrogens with one attached hydrogen (secondary N) is 1. The van der Waals surface area contributed by atoms with Gasteiger partial charge < -0.3 is 25.4 Å². The van der Waals surface area contributed by atoms with Crippen molar-refractivity contribution in [2.24, 2.45) is 5.73 Å². The maximum absolute atomic E-state index is 14.5. The number of anilines is 1. The second-order valence-corrected chi connectivity index (χ2v) is 8.99. The number of amides is 2. The molecule has 0 aliphatic carbocycles. The Balaban J connectivity index is 1.70. The number of halogens is 2. The Kier molecular flexibility index (Phi) is 7.89. The van der Waals surface area contributed by atoms with Crippen LogP contribution in [-0.2, 0) is 22.7 Å². The molecule has 1 aliphatic heterocycles. The van der Waals surface area contributed by atoms with E-state index in [1.165, 1.54) is 23.1 Å². The summed E-state index contributed by atoms with van der Waals surface area (Å²) in [5.74, 6) is -3.99. The Morgan fingerprint density at radius 1 is 1.10 bits per heavy atom. The van der Waals surface area contributed by atoms with Crippen molar-refractivity contribution in [2.45, 2.75) is 32.5 Å². The molecule has 3 aromatic rings. The summed E-state index contributed by atoms with van der Waals surface area (Å²) in [4.78, 5) is 41.0. The number of amidine groups is 1. The Labute approximate surface area is 222 Å². The molecule has 1 heterocycles. The molecule has 0 bridgehead atoms. The summed E-state index contributed by atoms with van der Waals surface area (Å²) in [7, 11) is 0. The monoisotopic (exact) mass is 536 g/mol. The van der Waals surface area contributed by atoms with E-state index in [2.05, 4.69) is 0 Å². The van der Waals surface area contributed by atoms with Crippen LogP contribution in [0.15, 0.2) is 60.7 Å². The highest BCUT2D eigenvalue weighted by atomic mass is 19.1. The van der Waals surface area contributed by atoms with E-state index in [1.54, 1.807) is 37.3 Å². The van der Waals surface area contributed by atoms with Gasteiger partial charge >= 0.3 is 5.97 Å². The smallest absolute Gasteiger partial charge is 0.326 e. The number of hydrogen-bond donors (Lipinski definition) is 3. The number of carbonyl (C=O) groups excluding carboxylic acids is 2. The van der Waals surface area contributed by atoms with Crippen molar-refractivity contribution in [2.75, 3.05) is 11.4 Å². The highest BCUT2D eigenvalue weighted by Gasteiger charge is 2.37. The molecular formula is C28H26F2N4O5. The Morgan fingerprint density at radius 2 is 1.82 bits per heavy atom. The Bertz CT molecular complexity index is 1440. The van der Waals surface area contributed by atoms with Gasteiger partial charge in [-0.2, -0.15) is 0 Å². The number of nitrogens with zero attached hydrogens (tertiary/aromatic N) is 2. The van der Waals surface area contributed by atoms with Gasteiger partial charge in [0.25, 0.3) is 5.91 Å². The topological polar surface area (TPSA) is 137 Å². The number of aliphatic carboxylic acids is 1. The number of nitrogens with two attached hydrogens (primary N) is 1. The fourth-order valence-corrected chi connectivity index (χ4v) is 4.32. The van der Waals surface area contributed by atoms with E-state index in [4.69, 9.17) is 15.9 Å². The summed E-state index contributed by atoms with van der Waals surface area (Å²) in [5, 5.41) is 17.2. The van der Waals surface area contributed by atoms with Crippen molar-refractivity contribution < 1.29 is 33.0 Å². The number of carboxylic acids is 1. The fraction of sp³-hybridized carbons (Fsp3) is 0.214. The van der Waals surface area contributed by atoms with E-state index < -0.39 is 42.0 Å². The number of nitrogen functional groups attached to an aromatic ring is 1. The molecule has 1 atom stereocenters. The average molecular weight is 537 g/mol. The number of hydrogen-bond acceptors (Lipinski definition) is 5. The van der Waals surface area contributed by atoms with E-state index in [9.17, 15) is 28.3 Å². The van der Waals surface area contributed by atoms with Crippen LogP contribution < -0.4 is 15.4 Å². The molecule has 1 unspecified atom stereocenters. The molecule has 0 radical (unpaired) electrons. The van der Waals surface area contributed by atoms with Crippen molar-refractivity contribution in [3.05, 3.63) is 94.6 Å². The first-order chi connectivity index (χ1) is 18.6. The molecule has 0 aromatic heterocycles. The van der Waals surface area contributed by atoms with Crippen LogP contribution in [0.2, 0.25) is 0 Å². The predicted octanol–water partition coefficient (Wildman–Crippen LogP) is 3.68. The van der Waals surface area contributed by atoms with Crippen LogP contribution in [0.1, 0.15) is 40.4 Å². The summed E-state index contributed by atoms with van der Waals surface area (Å²) in [5.41, 5.74) is 6.98. The summed E-state index contributed by atoms with van der Waals surface area (Å²) in [6.07, 6.45) is 0.0583. The van der Waals surface area contributed by atoms with Crippen molar-refractivity contribution >= 4 is 29.3 Å². The predicted molar refractivity (Wildman–Crippen MR) is 139 cm³/mol. The number of benzene rings is 3. The van der Waals surface area contributed by atoms with E-state index in [0.717, 1.165) is 16.5 Å². The van der Waals surface area contributed by atoms with Crippen LogP contribution in [0.4, 0.5) is 14.5 Å². The lowest BCUT2D eigenvalue weighted by molar-refractivity contribution is -0.142. The van der Waals surface area contributed by atoms with Gasteiger partial charge in [-0.25, -0.2) is 13.6 Å². The highest BCUT2D eigenvalue weighted by molar-refractivity contribution is 6.10. The molecule has 0 spiro atoms. The lowest BCUT2D eigenvalue weighted by Crippen LogP contribution is -2.48. The largest absolute Gasteiger partial charge is 0.489 e. The van der Waals surface area contributed by atoms with Crippen LogP contribution in [0.5, 0.6) is 5.75 Å². The van der Waals surface area contributed by atoms with E-state index in [0.29, 0.717) is 11.6 Å². The van der Waals surface area contributed by atoms with Crippen LogP contribution in [0, 0.1) is 17.0 Å². The number of rotatable bonds is 9. The van der Waals surface area contributed by atoms with E-state index in [-0.39, 0.29) is 48.0 Å². The summed E-state index contributed by atoms with van der Waals surface area (Å²) < 4.78 is 33.8. The van der Waals surface area contributed by atoms with Crippen molar-refractivity contribution in [3.8, 4) is 5.75 Å². The lowest BCUT2D eigenvalue weighted by Gasteiger charge is -2.26. The highest BCUT2D eigenvalue weighted by Crippen LogP contribution is 2.32. The summed E-state index contributed by atoms with van der Waals surface area (Å²) >= 11 is 0. The maximum Gasteiger partial charge on any atom is 0.326 e. The van der Waals surface area contributed by atoms with Gasteiger partial charge in [0.1, 0.15) is 42.4 Å². The van der Waals surface area contributed by atoms with Gasteiger partial charge in [-0.15, -0.1) is 0 Å². The first kappa shape index (κ1) is 27.2. The number of carbonyl (C=O) groups is 3. The molecule has 11 heteroatoms. The fourth-order valence-electron chi connectivity index (χ4n) is 4.32. The first-order valence-corrected chi connectivity index (χ1v) is 12.1. The molecule has 0 fully saturated rings. The van der Waals surface area contributed by atoms with Crippen molar-refractivity contribution in [1.29, 1.82) is 5.41 Å². The molecule has 2 amide bonds. The third kappa shape index (κ3) is 5.87. The zero-order valence-electron chi connectivity index (χ0n) is 21.0. The van der Waals surface area contributed by atoms with E-state index in [1.807, 2.05) is 0 Å². The molecule has 9 nitrogen and oxygen atoms in total. The van der Waals surface area contributed by atoms with Crippen molar-refractivity contribution in [1.82, 2.24) is 4.90 Å². The molecule has 0 saturated heterocycles. The van der Waals surface area contributed by atoms with Gasteiger partial charge in [-0.1, -0.05) is 37.3 Å². The molecular weight excluding hydrogens is 510 g/mol. The third-order valence-corrected chi connectivity index (χ3v) is 6.42. The Hall–Kier alpha value is -4.80. The molecule has 3 aromatic carbocycles. The average Bonchev–Trinajstić information content (AvgIpc) is 2.99. The van der Waals surface area contributed by atoms with Gasteiger partial charge in [0.05, 0.1) is 17.8 Å².